The Hall–Kier alpha value is -1.90. The van der Waals surface area contributed by atoms with Crippen LogP contribution in [0, 0.1) is 5.82 Å². The van der Waals surface area contributed by atoms with Gasteiger partial charge in [0.1, 0.15) is 5.82 Å². The molecule has 28 heavy (non-hydrogen) atoms. The summed E-state index contributed by atoms with van der Waals surface area (Å²) in [5, 5.41) is 9.11. The Morgan fingerprint density at radius 3 is 2.79 bits per heavy atom. The van der Waals surface area contributed by atoms with Crippen molar-refractivity contribution in [2.24, 2.45) is 0 Å². The topological polar surface area (TPSA) is 51.0 Å². The van der Waals surface area contributed by atoms with Crippen LogP contribution in [-0.2, 0) is 11.3 Å². The Morgan fingerprint density at radius 2 is 2.11 bits per heavy atom. The van der Waals surface area contributed by atoms with Crippen LogP contribution in [0.25, 0.3) is 11.4 Å². The first-order valence-corrected chi connectivity index (χ1v) is 11.0. The van der Waals surface area contributed by atoms with Crippen LogP contribution in [-0.4, -0.2) is 38.4 Å². The van der Waals surface area contributed by atoms with E-state index in [9.17, 15) is 9.18 Å². The molecule has 0 aliphatic heterocycles. The molecular weight excluding hydrogens is 419 g/mol. The molecule has 0 spiro atoms. The first kappa shape index (κ1) is 19.4. The van der Waals surface area contributed by atoms with Gasteiger partial charge >= 0.3 is 0 Å². The van der Waals surface area contributed by atoms with Gasteiger partial charge in [0.15, 0.2) is 11.0 Å². The molecule has 1 aliphatic carbocycles. The van der Waals surface area contributed by atoms with E-state index in [1.54, 1.807) is 30.1 Å². The molecule has 2 heterocycles. The van der Waals surface area contributed by atoms with E-state index in [1.165, 1.54) is 29.2 Å². The second-order valence-electron chi connectivity index (χ2n) is 6.63. The van der Waals surface area contributed by atoms with Gasteiger partial charge in [0.05, 0.1) is 22.2 Å². The van der Waals surface area contributed by atoms with Gasteiger partial charge in [0, 0.05) is 18.0 Å². The van der Waals surface area contributed by atoms with E-state index in [1.807, 2.05) is 16.7 Å². The van der Waals surface area contributed by atoms with Crippen LogP contribution >= 0.6 is 34.7 Å². The maximum absolute atomic E-state index is 14.2. The second kappa shape index (κ2) is 8.23. The number of thioether (sulfide) groups is 1. The smallest absolute Gasteiger partial charge is 0.233 e. The number of aromatic nitrogens is 3. The van der Waals surface area contributed by atoms with Crippen molar-refractivity contribution in [2.45, 2.75) is 30.6 Å². The highest BCUT2D eigenvalue weighted by Gasteiger charge is 2.31. The Bertz CT molecular complexity index is 1000. The van der Waals surface area contributed by atoms with E-state index >= 15 is 0 Å². The quantitative estimate of drug-likeness (QED) is 0.495. The lowest BCUT2D eigenvalue weighted by Crippen LogP contribution is -2.27. The fourth-order valence-corrected chi connectivity index (χ4v) is 4.95. The normalized spacial score (nSPS) is 13.7. The van der Waals surface area contributed by atoms with Crippen molar-refractivity contribution < 1.29 is 9.18 Å². The molecule has 9 heteroatoms. The molecular formula is C19H18ClFN4OS2. The average molecular weight is 437 g/mol. The van der Waals surface area contributed by atoms with Gasteiger partial charge in [-0.3, -0.25) is 9.36 Å². The number of hydrogen-bond acceptors (Lipinski definition) is 5. The van der Waals surface area contributed by atoms with Gasteiger partial charge in [-0.05, 0) is 37.1 Å². The minimum atomic E-state index is -0.321. The van der Waals surface area contributed by atoms with Crippen molar-refractivity contribution in [1.82, 2.24) is 19.7 Å². The van der Waals surface area contributed by atoms with Crippen LogP contribution in [0.15, 0.2) is 41.6 Å². The summed E-state index contributed by atoms with van der Waals surface area (Å²) in [5.41, 5.74) is 0.437. The summed E-state index contributed by atoms with van der Waals surface area (Å²) in [4.78, 5) is 15.2. The summed E-state index contributed by atoms with van der Waals surface area (Å²) in [6, 6.07) is 10.6. The van der Waals surface area contributed by atoms with Gasteiger partial charge in [-0.25, -0.2) is 4.39 Å². The minimum Gasteiger partial charge on any atom is -0.340 e. The third-order valence-electron chi connectivity index (χ3n) is 4.46. The standard InChI is InChI=1S/C19H18ClFN4OS2/c1-24(10-13-8-9-16(20)28-13)17(26)11-27-19-23-22-18(25(19)12-6-7-12)14-4-2-3-5-15(14)21/h2-5,8-9,12H,6-7,10-11H2,1H3. The van der Waals surface area contributed by atoms with Crippen molar-refractivity contribution in [3.05, 3.63) is 51.4 Å². The number of benzene rings is 1. The second-order valence-corrected chi connectivity index (χ2v) is 9.37. The van der Waals surface area contributed by atoms with E-state index in [4.69, 9.17) is 11.6 Å². The number of carbonyl (C=O) groups is 1. The maximum Gasteiger partial charge on any atom is 0.233 e. The first-order chi connectivity index (χ1) is 13.5. The molecule has 2 aromatic heterocycles. The van der Waals surface area contributed by atoms with Gasteiger partial charge < -0.3 is 4.90 Å². The summed E-state index contributed by atoms with van der Waals surface area (Å²) in [7, 11) is 1.77. The number of carbonyl (C=O) groups excluding carboxylic acids is 1. The molecule has 0 radical (unpaired) electrons. The van der Waals surface area contributed by atoms with E-state index < -0.39 is 0 Å². The van der Waals surface area contributed by atoms with Crippen LogP contribution in [0.4, 0.5) is 4.39 Å². The summed E-state index contributed by atoms with van der Waals surface area (Å²) >= 11 is 8.76. The molecule has 1 amide bonds. The minimum absolute atomic E-state index is 0.00712. The van der Waals surface area contributed by atoms with Gasteiger partial charge in [-0.15, -0.1) is 21.5 Å². The third-order valence-corrected chi connectivity index (χ3v) is 6.61. The summed E-state index contributed by atoms with van der Waals surface area (Å²) in [5.74, 6) is 0.445. The van der Waals surface area contributed by atoms with Crippen molar-refractivity contribution in [3.63, 3.8) is 0 Å². The van der Waals surface area contributed by atoms with Crippen molar-refractivity contribution >= 4 is 40.6 Å². The van der Waals surface area contributed by atoms with Crippen molar-refractivity contribution in [2.75, 3.05) is 12.8 Å². The zero-order valence-corrected chi connectivity index (χ0v) is 17.5. The predicted molar refractivity (Wildman–Crippen MR) is 110 cm³/mol. The van der Waals surface area contributed by atoms with E-state index in [0.29, 0.717) is 27.4 Å². The van der Waals surface area contributed by atoms with Crippen molar-refractivity contribution in [1.29, 1.82) is 0 Å². The molecule has 0 bridgehead atoms. The van der Waals surface area contributed by atoms with E-state index in [2.05, 4.69) is 10.2 Å². The Kier molecular flexibility index (Phi) is 5.70. The molecule has 0 unspecified atom stereocenters. The lowest BCUT2D eigenvalue weighted by atomic mass is 10.2. The largest absolute Gasteiger partial charge is 0.340 e. The summed E-state index contributed by atoms with van der Waals surface area (Å²) in [6.07, 6.45) is 2.03. The van der Waals surface area contributed by atoms with Gasteiger partial charge in [-0.2, -0.15) is 0 Å². The van der Waals surface area contributed by atoms with Crippen LogP contribution < -0.4 is 0 Å². The molecule has 1 saturated carbocycles. The summed E-state index contributed by atoms with van der Waals surface area (Å²) in [6.45, 7) is 0.520. The maximum atomic E-state index is 14.2. The lowest BCUT2D eigenvalue weighted by molar-refractivity contribution is -0.127. The molecule has 0 atom stereocenters. The number of amides is 1. The van der Waals surface area contributed by atoms with Crippen LogP contribution in [0.3, 0.4) is 0 Å². The lowest BCUT2D eigenvalue weighted by Gasteiger charge is -2.16. The van der Waals surface area contributed by atoms with Crippen LogP contribution in [0.5, 0.6) is 0 Å². The molecule has 4 rings (SSSR count). The fraction of sp³-hybridized carbons (Fsp3) is 0.316. The van der Waals surface area contributed by atoms with E-state index in [-0.39, 0.29) is 23.5 Å². The van der Waals surface area contributed by atoms with Crippen molar-refractivity contribution in [3.8, 4) is 11.4 Å². The van der Waals surface area contributed by atoms with Gasteiger partial charge in [0.25, 0.3) is 0 Å². The fourth-order valence-electron chi connectivity index (χ4n) is 2.86. The molecule has 146 valence electrons. The number of thiophene rings is 1. The number of rotatable bonds is 7. The molecule has 1 fully saturated rings. The number of nitrogens with zero attached hydrogens (tertiary/aromatic N) is 4. The zero-order valence-electron chi connectivity index (χ0n) is 15.1. The highest BCUT2D eigenvalue weighted by Crippen LogP contribution is 2.41. The molecule has 1 aromatic carbocycles. The predicted octanol–water partition coefficient (Wildman–Crippen LogP) is 4.88. The van der Waals surface area contributed by atoms with Gasteiger partial charge in [-0.1, -0.05) is 35.5 Å². The monoisotopic (exact) mass is 436 g/mol. The van der Waals surface area contributed by atoms with E-state index in [0.717, 1.165) is 17.7 Å². The Morgan fingerprint density at radius 1 is 1.32 bits per heavy atom. The first-order valence-electron chi connectivity index (χ1n) is 8.83. The molecule has 0 N–H and O–H groups in total. The molecule has 0 saturated heterocycles. The number of hydrogen-bond donors (Lipinski definition) is 0. The molecule has 1 aliphatic rings. The highest BCUT2D eigenvalue weighted by molar-refractivity contribution is 7.99. The summed E-state index contributed by atoms with van der Waals surface area (Å²) < 4.78 is 16.9. The van der Waals surface area contributed by atoms with Crippen LogP contribution in [0.2, 0.25) is 4.34 Å². The average Bonchev–Trinajstić information content (AvgIpc) is 3.31. The number of halogens is 2. The Labute approximate surface area is 175 Å². The third kappa shape index (κ3) is 4.24. The van der Waals surface area contributed by atoms with Crippen LogP contribution in [0.1, 0.15) is 23.8 Å². The Balaban J connectivity index is 1.46. The SMILES string of the molecule is CN(Cc1ccc(Cl)s1)C(=O)CSc1nnc(-c2ccccc2F)n1C1CC1. The molecule has 5 nitrogen and oxygen atoms in total. The highest BCUT2D eigenvalue weighted by atomic mass is 35.5. The zero-order chi connectivity index (χ0) is 19.7. The van der Waals surface area contributed by atoms with Gasteiger partial charge in [0.2, 0.25) is 5.91 Å². The molecule has 3 aromatic rings.